The molecule has 1 aromatic carbocycles. The molecule has 1 aliphatic rings. The SMILES string of the molecule is Cc1ncoc1C(=O)N1CCc2[nH]cnc2[C@@H]1c1cc2ccccc2nn1. The van der Waals surface area contributed by atoms with E-state index in [-0.39, 0.29) is 11.7 Å². The van der Waals surface area contributed by atoms with E-state index in [0.29, 0.717) is 24.4 Å². The summed E-state index contributed by atoms with van der Waals surface area (Å²) in [5.74, 6) is 0.0198. The zero-order chi connectivity index (χ0) is 18.4. The molecule has 27 heavy (non-hydrogen) atoms. The highest BCUT2D eigenvalue weighted by Crippen LogP contribution is 2.34. The molecule has 0 fully saturated rings. The van der Waals surface area contributed by atoms with Crippen LogP contribution in [0.3, 0.4) is 0 Å². The van der Waals surface area contributed by atoms with Crippen molar-refractivity contribution in [2.75, 3.05) is 6.54 Å². The van der Waals surface area contributed by atoms with Gasteiger partial charge in [0.25, 0.3) is 5.91 Å². The monoisotopic (exact) mass is 360 g/mol. The van der Waals surface area contributed by atoms with E-state index in [2.05, 4.69) is 25.1 Å². The fraction of sp³-hybridized carbons (Fsp3) is 0.211. The Labute approximate surface area is 154 Å². The number of carbonyl (C=O) groups is 1. The molecule has 4 heterocycles. The van der Waals surface area contributed by atoms with E-state index in [9.17, 15) is 4.79 Å². The van der Waals surface area contributed by atoms with Gasteiger partial charge in [0.1, 0.15) is 6.04 Å². The molecular weight excluding hydrogens is 344 g/mol. The first-order valence-corrected chi connectivity index (χ1v) is 8.68. The molecule has 0 saturated heterocycles. The van der Waals surface area contributed by atoms with Crippen LogP contribution >= 0.6 is 0 Å². The maximum absolute atomic E-state index is 13.2. The predicted octanol–water partition coefficient (Wildman–Crippen LogP) is 2.44. The summed E-state index contributed by atoms with van der Waals surface area (Å²) in [4.78, 5) is 26.6. The molecule has 0 aliphatic carbocycles. The van der Waals surface area contributed by atoms with Crippen molar-refractivity contribution < 1.29 is 9.21 Å². The number of rotatable bonds is 2. The minimum atomic E-state index is -0.436. The van der Waals surface area contributed by atoms with Gasteiger partial charge >= 0.3 is 0 Å². The van der Waals surface area contributed by atoms with Gasteiger partial charge in [-0.15, -0.1) is 0 Å². The summed E-state index contributed by atoms with van der Waals surface area (Å²) in [6.45, 7) is 2.28. The first-order chi connectivity index (χ1) is 13.2. The lowest BCUT2D eigenvalue weighted by Crippen LogP contribution is -2.41. The number of oxazole rings is 1. The van der Waals surface area contributed by atoms with Crippen molar-refractivity contribution in [1.82, 2.24) is 30.0 Å². The van der Waals surface area contributed by atoms with Crippen molar-refractivity contribution in [2.45, 2.75) is 19.4 Å². The fourth-order valence-corrected chi connectivity index (χ4v) is 3.57. The van der Waals surface area contributed by atoms with Gasteiger partial charge in [-0.05, 0) is 19.1 Å². The zero-order valence-corrected chi connectivity index (χ0v) is 14.6. The molecule has 3 aromatic heterocycles. The Morgan fingerprint density at radius 2 is 2.15 bits per heavy atom. The molecule has 1 aliphatic heterocycles. The van der Waals surface area contributed by atoms with Crippen molar-refractivity contribution in [3.63, 3.8) is 0 Å². The molecule has 1 amide bonds. The van der Waals surface area contributed by atoms with Crippen molar-refractivity contribution in [3.05, 3.63) is 71.6 Å². The minimum absolute atomic E-state index is 0.224. The maximum Gasteiger partial charge on any atom is 0.292 e. The molecule has 4 aromatic rings. The lowest BCUT2D eigenvalue weighted by molar-refractivity contribution is 0.0653. The van der Waals surface area contributed by atoms with E-state index < -0.39 is 6.04 Å². The second-order valence-electron chi connectivity index (χ2n) is 6.51. The van der Waals surface area contributed by atoms with Gasteiger partial charge in [-0.1, -0.05) is 18.2 Å². The summed E-state index contributed by atoms with van der Waals surface area (Å²) in [7, 11) is 0. The summed E-state index contributed by atoms with van der Waals surface area (Å²) in [5, 5.41) is 9.69. The normalized spacial score (nSPS) is 16.5. The van der Waals surface area contributed by atoms with Crippen molar-refractivity contribution in [2.24, 2.45) is 0 Å². The number of imidazole rings is 1. The second kappa shape index (κ2) is 6.01. The quantitative estimate of drug-likeness (QED) is 0.589. The molecule has 134 valence electrons. The average molecular weight is 360 g/mol. The highest BCUT2D eigenvalue weighted by atomic mass is 16.3. The number of benzene rings is 1. The summed E-state index contributed by atoms with van der Waals surface area (Å²) >= 11 is 0. The Hall–Kier alpha value is -3.55. The van der Waals surface area contributed by atoms with Gasteiger partial charge in [-0.3, -0.25) is 4.79 Å². The van der Waals surface area contributed by atoms with Crippen LogP contribution in [0.15, 0.2) is 47.5 Å². The van der Waals surface area contributed by atoms with Crippen molar-refractivity contribution >= 4 is 16.8 Å². The third-order valence-electron chi connectivity index (χ3n) is 4.92. The molecule has 1 N–H and O–H groups in total. The number of aryl methyl sites for hydroxylation is 1. The third kappa shape index (κ3) is 2.49. The van der Waals surface area contributed by atoms with Crippen LogP contribution in [0.25, 0.3) is 10.9 Å². The Bertz CT molecular complexity index is 1150. The average Bonchev–Trinajstić information content (AvgIpc) is 3.35. The minimum Gasteiger partial charge on any atom is -0.438 e. The first-order valence-electron chi connectivity index (χ1n) is 8.68. The predicted molar refractivity (Wildman–Crippen MR) is 95.9 cm³/mol. The van der Waals surface area contributed by atoms with E-state index in [0.717, 1.165) is 22.3 Å². The van der Waals surface area contributed by atoms with Gasteiger partial charge in [-0.2, -0.15) is 10.2 Å². The molecule has 5 rings (SSSR count). The van der Waals surface area contributed by atoms with E-state index >= 15 is 0 Å². The van der Waals surface area contributed by atoms with Crippen LogP contribution < -0.4 is 0 Å². The van der Waals surface area contributed by atoms with Gasteiger partial charge in [0, 0.05) is 24.0 Å². The lowest BCUT2D eigenvalue weighted by Gasteiger charge is -2.33. The van der Waals surface area contributed by atoms with Crippen molar-refractivity contribution in [1.29, 1.82) is 0 Å². The van der Waals surface area contributed by atoms with Gasteiger partial charge in [0.15, 0.2) is 6.39 Å². The van der Waals surface area contributed by atoms with Crippen LogP contribution in [-0.4, -0.2) is 42.5 Å². The highest BCUT2D eigenvalue weighted by molar-refractivity contribution is 5.93. The Morgan fingerprint density at radius 1 is 1.26 bits per heavy atom. The Morgan fingerprint density at radius 3 is 3.00 bits per heavy atom. The number of aromatic amines is 1. The van der Waals surface area contributed by atoms with Gasteiger partial charge in [0.2, 0.25) is 5.76 Å². The van der Waals surface area contributed by atoms with Crippen LogP contribution in [0.5, 0.6) is 0 Å². The number of fused-ring (bicyclic) bond motifs is 2. The maximum atomic E-state index is 13.2. The second-order valence-corrected chi connectivity index (χ2v) is 6.51. The number of nitrogens with zero attached hydrogens (tertiary/aromatic N) is 5. The number of hydrogen-bond donors (Lipinski definition) is 1. The summed E-state index contributed by atoms with van der Waals surface area (Å²) < 4.78 is 5.34. The summed E-state index contributed by atoms with van der Waals surface area (Å²) in [6, 6.07) is 9.29. The summed E-state index contributed by atoms with van der Waals surface area (Å²) in [5.41, 5.74) is 3.84. The van der Waals surface area contributed by atoms with Crippen LogP contribution in [-0.2, 0) is 6.42 Å². The third-order valence-corrected chi connectivity index (χ3v) is 4.92. The van der Waals surface area contributed by atoms with Gasteiger partial charge in [0.05, 0.1) is 28.9 Å². The van der Waals surface area contributed by atoms with Crippen LogP contribution in [0.2, 0.25) is 0 Å². The van der Waals surface area contributed by atoms with Gasteiger partial charge in [-0.25, -0.2) is 9.97 Å². The van der Waals surface area contributed by atoms with E-state index in [1.807, 2.05) is 30.3 Å². The number of H-pyrrole nitrogens is 1. The van der Waals surface area contributed by atoms with Crippen molar-refractivity contribution in [3.8, 4) is 0 Å². The smallest absolute Gasteiger partial charge is 0.292 e. The highest BCUT2D eigenvalue weighted by Gasteiger charge is 2.37. The number of nitrogens with one attached hydrogen (secondary N) is 1. The molecule has 8 nitrogen and oxygen atoms in total. The standard InChI is InChI=1S/C19H16N6O2/c1-11-18(27-10-22-11)19(26)25-7-6-14-16(21-9-20-14)17(25)15-8-12-4-2-3-5-13(12)23-24-15/h2-5,8-10,17H,6-7H2,1H3,(H,20,21)/t17-/m0/s1. The number of hydrogen-bond acceptors (Lipinski definition) is 6. The first kappa shape index (κ1) is 15.7. The lowest BCUT2D eigenvalue weighted by atomic mass is 9.98. The Balaban J connectivity index is 1.64. The molecule has 0 radical (unpaired) electrons. The number of aromatic nitrogens is 5. The zero-order valence-electron chi connectivity index (χ0n) is 14.6. The fourth-order valence-electron chi connectivity index (χ4n) is 3.57. The molecular formula is C19H16N6O2. The van der Waals surface area contributed by atoms with Crippen LogP contribution in [0, 0.1) is 6.92 Å². The van der Waals surface area contributed by atoms with E-state index in [4.69, 9.17) is 4.42 Å². The molecule has 0 saturated carbocycles. The molecule has 1 atom stereocenters. The molecule has 0 unspecified atom stereocenters. The molecule has 0 spiro atoms. The van der Waals surface area contributed by atoms with E-state index in [1.165, 1.54) is 6.39 Å². The summed E-state index contributed by atoms with van der Waals surface area (Å²) in [6.07, 6.45) is 3.63. The largest absolute Gasteiger partial charge is 0.438 e. The topological polar surface area (TPSA) is 101 Å². The number of amides is 1. The molecule has 0 bridgehead atoms. The van der Waals surface area contributed by atoms with Crippen LogP contribution in [0.4, 0.5) is 0 Å². The number of carbonyl (C=O) groups excluding carboxylic acids is 1. The molecule has 8 heteroatoms. The van der Waals surface area contributed by atoms with Gasteiger partial charge < -0.3 is 14.3 Å². The Kier molecular flexibility index (Phi) is 3.49. The van der Waals surface area contributed by atoms with Crippen LogP contribution in [0.1, 0.15) is 39.4 Å². The van der Waals surface area contributed by atoms with E-state index in [1.54, 1.807) is 18.2 Å².